The van der Waals surface area contributed by atoms with Crippen molar-refractivity contribution in [1.29, 1.82) is 0 Å². The van der Waals surface area contributed by atoms with Crippen LogP contribution in [0.15, 0.2) is 71.7 Å². The van der Waals surface area contributed by atoms with E-state index >= 15 is 0 Å². The zero-order valence-corrected chi connectivity index (χ0v) is 17.8. The van der Waals surface area contributed by atoms with Crippen molar-refractivity contribution in [2.45, 2.75) is 32.9 Å². The summed E-state index contributed by atoms with van der Waals surface area (Å²) in [4.78, 5) is 27.5. The molecule has 2 heterocycles. The summed E-state index contributed by atoms with van der Waals surface area (Å²) in [6.45, 7) is 4.47. The lowest BCUT2D eigenvalue weighted by Crippen LogP contribution is -2.43. The maximum atomic E-state index is 12.8. The van der Waals surface area contributed by atoms with Crippen LogP contribution in [0.3, 0.4) is 0 Å². The highest BCUT2D eigenvalue weighted by Gasteiger charge is 2.26. The highest BCUT2D eigenvalue weighted by molar-refractivity contribution is 5.79. The molecule has 1 saturated heterocycles. The van der Waals surface area contributed by atoms with E-state index in [1.807, 2.05) is 48.5 Å². The standard InChI is InChI=1S/C25H28N4O2/c1-19-8-5-6-11-21(19)15-26-25(31)22-12-7-13-28(18-22)23-14-24(30)29(27-16-23)17-20-9-3-2-4-10-20/h2-6,8-11,14,16,22H,7,12-13,15,17-18H2,1H3,(H,26,31)/t22-/m1/s1. The minimum Gasteiger partial charge on any atom is -0.369 e. The maximum Gasteiger partial charge on any atom is 0.269 e. The predicted molar refractivity (Wildman–Crippen MR) is 122 cm³/mol. The van der Waals surface area contributed by atoms with Gasteiger partial charge < -0.3 is 10.2 Å². The fourth-order valence-electron chi connectivity index (χ4n) is 4.03. The van der Waals surface area contributed by atoms with E-state index in [4.69, 9.17) is 0 Å². The van der Waals surface area contributed by atoms with Gasteiger partial charge in [-0.05, 0) is 36.5 Å². The summed E-state index contributed by atoms with van der Waals surface area (Å²) < 4.78 is 1.47. The number of carbonyl (C=O) groups is 1. The third kappa shape index (κ3) is 5.20. The van der Waals surface area contributed by atoms with Gasteiger partial charge in [0.2, 0.25) is 5.91 Å². The second kappa shape index (κ2) is 9.60. The molecule has 3 aromatic rings. The molecule has 1 aliphatic heterocycles. The molecular formula is C25H28N4O2. The van der Waals surface area contributed by atoms with Gasteiger partial charge >= 0.3 is 0 Å². The number of aryl methyl sites for hydroxylation is 1. The smallest absolute Gasteiger partial charge is 0.269 e. The van der Waals surface area contributed by atoms with E-state index in [0.717, 1.165) is 36.2 Å². The van der Waals surface area contributed by atoms with Gasteiger partial charge in [-0.15, -0.1) is 0 Å². The molecule has 31 heavy (non-hydrogen) atoms. The molecule has 1 aromatic heterocycles. The molecular weight excluding hydrogens is 388 g/mol. The highest BCUT2D eigenvalue weighted by atomic mass is 16.2. The quantitative estimate of drug-likeness (QED) is 0.670. The minimum absolute atomic E-state index is 0.0679. The number of benzene rings is 2. The molecule has 0 aliphatic carbocycles. The monoisotopic (exact) mass is 416 g/mol. The summed E-state index contributed by atoms with van der Waals surface area (Å²) in [5.41, 5.74) is 4.00. The summed E-state index contributed by atoms with van der Waals surface area (Å²) >= 11 is 0. The van der Waals surface area contributed by atoms with Crippen molar-refractivity contribution < 1.29 is 4.79 Å². The normalized spacial score (nSPS) is 16.2. The van der Waals surface area contributed by atoms with E-state index in [1.54, 1.807) is 12.3 Å². The lowest BCUT2D eigenvalue weighted by molar-refractivity contribution is -0.125. The molecule has 1 aliphatic rings. The first-order chi connectivity index (χ1) is 15.1. The summed E-state index contributed by atoms with van der Waals surface area (Å²) in [5.74, 6) is -0.0251. The Kier molecular flexibility index (Phi) is 6.46. The number of nitrogens with one attached hydrogen (secondary N) is 1. The number of anilines is 1. The Morgan fingerprint density at radius 3 is 2.68 bits per heavy atom. The Bertz CT molecular complexity index is 1090. The molecule has 6 heteroatoms. The first-order valence-electron chi connectivity index (χ1n) is 10.8. The van der Waals surface area contributed by atoms with Gasteiger partial charge in [-0.1, -0.05) is 54.6 Å². The summed E-state index contributed by atoms with van der Waals surface area (Å²) in [6.07, 6.45) is 3.50. The number of nitrogens with zero attached hydrogens (tertiary/aromatic N) is 3. The number of aromatic nitrogens is 2. The zero-order valence-electron chi connectivity index (χ0n) is 17.8. The third-order valence-corrected chi connectivity index (χ3v) is 5.90. The van der Waals surface area contributed by atoms with Crippen LogP contribution >= 0.6 is 0 Å². The van der Waals surface area contributed by atoms with Gasteiger partial charge in [-0.25, -0.2) is 4.68 Å². The second-order valence-electron chi connectivity index (χ2n) is 8.12. The first-order valence-corrected chi connectivity index (χ1v) is 10.8. The van der Waals surface area contributed by atoms with Crippen LogP contribution in [0.4, 0.5) is 5.69 Å². The first kappa shape index (κ1) is 20.8. The lowest BCUT2D eigenvalue weighted by atomic mass is 9.96. The Morgan fingerprint density at radius 2 is 1.90 bits per heavy atom. The van der Waals surface area contributed by atoms with Crippen molar-refractivity contribution in [3.63, 3.8) is 0 Å². The molecule has 6 nitrogen and oxygen atoms in total. The third-order valence-electron chi connectivity index (χ3n) is 5.90. The van der Waals surface area contributed by atoms with Gasteiger partial charge in [0, 0.05) is 25.7 Å². The van der Waals surface area contributed by atoms with Gasteiger partial charge in [0.25, 0.3) is 5.56 Å². The number of piperidine rings is 1. The largest absolute Gasteiger partial charge is 0.369 e. The van der Waals surface area contributed by atoms with Crippen molar-refractivity contribution in [2.75, 3.05) is 18.0 Å². The molecule has 1 fully saturated rings. The second-order valence-corrected chi connectivity index (χ2v) is 8.12. The fourth-order valence-corrected chi connectivity index (χ4v) is 4.03. The zero-order chi connectivity index (χ0) is 21.6. The van der Waals surface area contributed by atoms with Crippen LogP contribution in [0.2, 0.25) is 0 Å². The van der Waals surface area contributed by atoms with E-state index in [-0.39, 0.29) is 17.4 Å². The van der Waals surface area contributed by atoms with Crippen LogP contribution in [-0.2, 0) is 17.9 Å². The van der Waals surface area contributed by atoms with E-state index in [2.05, 4.69) is 28.3 Å². The van der Waals surface area contributed by atoms with Gasteiger partial charge in [-0.3, -0.25) is 9.59 Å². The van der Waals surface area contributed by atoms with E-state index in [9.17, 15) is 9.59 Å². The Balaban J connectivity index is 1.39. The van der Waals surface area contributed by atoms with Crippen LogP contribution < -0.4 is 15.8 Å². The molecule has 1 atom stereocenters. The van der Waals surface area contributed by atoms with Crippen LogP contribution in [0.1, 0.15) is 29.5 Å². The minimum atomic E-state index is -0.132. The number of amides is 1. The van der Waals surface area contributed by atoms with E-state index in [1.165, 1.54) is 10.2 Å². The number of hydrogen-bond donors (Lipinski definition) is 1. The van der Waals surface area contributed by atoms with Crippen molar-refractivity contribution in [1.82, 2.24) is 15.1 Å². The van der Waals surface area contributed by atoms with Crippen LogP contribution in [0.25, 0.3) is 0 Å². The molecule has 2 aromatic carbocycles. The molecule has 0 saturated carbocycles. The van der Waals surface area contributed by atoms with Crippen molar-refractivity contribution in [2.24, 2.45) is 5.92 Å². The maximum absolute atomic E-state index is 12.8. The van der Waals surface area contributed by atoms with Crippen LogP contribution in [-0.4, -0.2) is 28.8 Å². The average Bonchev–Trinajstić information content (AvgIpc) is 2.80. The predicted octanol–water partition coefficient (Wildman–Crippen LogP) is 3.13. The molecule has 0 spiro atoms. The summed E-state index contributed by atoms with van der Waals surface area (Å²) in [7, 11) is 0. The molecule has 0 unspecified atom stereocenters. The topological polar surface area (TPSA) is 67.2 Å². The molecule has 4 rings (SSSR count). The van der Waals surface area contributed by atoms with Crippen molar-refractivity contribution in [3.05, 3.63) is 93.9 Å². The Hall–Kier alpha value is -3.41. The molecule has 0 bridgehead atoms. The van der Waals surface area contributed by atoms with Gasteiger partial charge in [-0.2, -0.15) is 5.10 Å². The fraction of sp³-hybridized carbons (Fsp3) is 0.320. The number of rotatable bonds is 6. The van der Waals surface area contributed by atoms with Gasteiger partial charge in [0.05, 0.1) is 24.3 Å². The molecule has 0 radical (unpaired) electrons. The summed E-state index contributed by atoms with van der Waals surface area (Å²) in [6, 6.07) is 19.5. The lowest BCUT2D eigenvalue weighted by Gasteiger charge is -2.33. The SMILES string of the molecule is Cc1ccccc1CNC(=O)[C@@H]1CCCN(c2cnn(Cc3ccccc3)c(=O)c2)C1. The van der Waals surface area contributed by atoms with Crippen molar-refractivity contribution >= 4 is 11.6 Å². The van der Waals surface area contributed by atoms with E-state index in [0.29, 0.717) is 19.6 Å². The highest BCUT2D eigenvalue weighted by Crippen LogP contribution is 2.22. The Morgan fingerprint density at radius 1 is 1.13 bits per heavy atom. The average molecular weight is 417 g/mol. The molecule has 160 valence electrons. The summed E-state index contributed by atoms with van der Waals surface area (Å²) in [5, 5.41) is 7.45. The van der Waals surface area contributed by atoms with Gasteiger partial charge in [0.1, 0.15) is 0 Å². The molecule has 1 N–H and O–H groups in total. The van der Waals surface area contributed by atoms with Crippen molar-refractivity contribution in [3.8, 4) is 0 Å². The van der Waals surface area contributed by atoms with Crippen LogP contribution in [0, 0.1) is 12.8 Å². The van der Waals surface area contributed by atoms with Crippen LogP contribution in [0.5, 0.6) is 0 Å². The number of carbonyl (C=O) groups excluding carboxylic acids is 1. The van der Waals surface area contributed by atoms with Gasteiger partial charge in [0.15, 0.2) is 0 Å². The Labute approximate surface area is 182 Å². The van der Waals surface area contributed by atoms with E-state index < -0.39 is 0 Å². The number of hydrogen-bond acceptors (Lipinski definition) is 4. The molecule has 1 amide bonds.